The van der Waals surface area contributed by atoms with Crippen molar-refractivity contribution in [3.8, 4) is 0 Å². The second kappa shape index (κ2) is 6.38. The van der Waals surface area contributed by atoms with E-state index in [-0.39, 0.29) is 12.4 Å². The number of nitrogens with one attached hydrogen (secondary N) is 1. The van der Waals surface area contributed by atoms with Gasteiger partial charge in [-0.1, -0.05) is 20.8 Å². The molecule has 1 atom stereocenters. The lowest BCUT2D eigenvalue weighted by Crippen LogP contribution is -2.48. The summed E-state index contributed by atoms with van der Waals surface area (Å²) in [5.74, 6) is 0. The van der Waals surface area contributed by atoms with Gasteiger partial charge in [0.15, 0.2) is 0 Å². The Kier molecular flexibility index (Phi) is 5.66. The summed E-state index contributed by atoms with van der Waals surface area (Å²) in [7, 11) is 0. The molecular weight excluding hydrogens is 264 g/mol. The molecule has 1 N–H and O–H groups in total. The first-order chi connectivity index (χ1) is 7.95. The van der Waals surface area contributed by atoms with Gasteiger partial charge in [-0.15, -0.1) is 23.7 Å². The van der Waals surface area contributed by atoms with Crippen LogP contribution in [0.25, 0.3) is 0 Å². The normalized spacial score (nSPS) is 21.7. The zero-order valence-electron chi connectivity index (χ0n) is 11.8. The molecule has 2 heterocycles. The van der Waals surface area contributed by atoms with Crippen molar-refractivity contribution in [3.63, 3.8) is 0 Å². The number of rotatable bonds is 2. The van der Waals surface area contributed by atoms with Gasteiger partial charge in [0.05, 0.1) is 0 Å². The molecule has 1 aromatic rings. The summed E-state index contributed by atoms with van der Waals surface area (Å²) >= 11 is 1.97. The summed E-state index contributed by atoms with van der Waals surface area (Å²) in [6.07, 6.45) is 0. The Labute approximate surface area is 121 Å². The lowest BCUT2D eigenvalue weighted by molar-refractivity contribution is 0.201. The van der Waals surface area contributed by atoms with Crippen molar-refractivity contribution in [3.05, 3.63) is 21.9 Å². The highest BCUT2D eigenvalue weighted by atomic mass is 35.5. The third-order valence-corrected chi connectivity index (χ3v) is 4.73. The molecule has 0 amide bonds. The maximum Gasteiger partial charge on any atom is 0.0329 e. The van der Waals surface area contributed by atoms with Gasteiger partial charge >= 0.3 is 0 Å². The van der Waals surface area contributed by atoms with Gasteiger partial charge in [0.25, 0.3) is 0 Å². The molecule has 1 aromatic heterocycles. The number of hydrogen-bond acceptors (Lipinski definition) is 3. The largest absolute Gasteiger partial charge is 0.312 e. The Morgan fingerprint density at radius 1 is 1.39 bits per heavy atom. The molecule has 0 bridgehead atoms. The molecule has 1 saturated heterocycles. The van der Waals surface area contributed by atoms with Crippen LogP contribution in [0.3, 0.4) is 0 Å². The standard InChI is InChI=1S/C14H24N2S.ClH/c1-11-9-16(8-7-15-11)10-12-5-6-13(17-12)14(2,3)4;/h5-6,11,15H,7-10H2,1-4H3;1H/t11-;/m0./s1. The summed E-state index contributed by atoms with van der Waals surface area (Å²) in [6.45, 7) is 13.7. The fourth-order valence-electron chi connectivity index (χ4n) is 2.24. The Balaban J connectivity index is 0.00000162. The zero-order valence-corrected chi connectivity index (χ0v) is 13.5. The molecule has 1 aliphatic rings. The van der Waals surface area contributed by atoms with E-state index in [1.165, 1.54) is 22.8 Å². The van der Waals surface area contributed by atoms with Crippen LogP contribution in [0, 0.1) is 0 Å². The molecule has 0 saturated carbocycles. The maximum atomic E-state index is 3.49. The first-order valence-electron chi connectivity index (χ1n) is 6.50. The average Bonchev–Trinajstić information content (AvgIpc) is 2.65. The Morgan fingerprint density at radius 3 is 2.67 bits per heavy atom. The van der Waals surface area contributed by atoms with Crippen LogP contribution in [0.5, 0.6) is 0 Å². The van der Waals surface area contributed by atoms with Crippen LogP contribution in [0.2, 0.25) is 0 Å². The molecule has 1 aliphatic heterocycles. The molecule has 0 spiro atoms. The van der Waals surface area contributed by atoms with Gasteiger partial charge in [0, 0.05) is 42.0 Å². The van der Waals surface area contributed by atoms with E-state index in [0.717, 1.165) is 13.1 Å². The molecule has 1 fully saturated rings. The number of hydrogen-bond donors (Lipinski definition) is 1. The predicted molar refractivity (Wildman–Crippen MR) is 83.0 cm³/mol. The minimum atomic E-state index is 0. The number of thiophene rings is 1. The number of halogens is 1. The minimum absolute atomic E-state index is 0. The molecule has 104 valence electrons. The molecular formula is C14H25ClN2S. The van der Waals surface area contributed by atoms with Crippen molar-refractivity contribution >= 4 is 23.7 Å². The van der Waals surface area contributed by atoms with Crippen LogP contribution in [-0.4, -0.2) is 30.6 Å². The van der Waals surface area contributed by atoms with E-state index < -0.39 is 0 Å². The fourth-order valence-corrected chi connectivity index (χ4v) is 3.35. The fraction of sp³-hybridized carbons (Fsp3) is 0.714. The predicted octanol–water partition coefficient (Wildman–Crippen LogP) is 3.26. The average molecular weight is 289 g/mol. The lowest BCUT2D eigenvalue weighted by atomic mass is 9.95. The molecule has 4 heteroatoms. The second-order valence-electron chi connectivity index (χ2n) is 6.11. The highest BCUT2D eigenvalue weighted by molar-refractivity contribution is 7.12. The summed E-state index contributed by atoms with van der Waals surface area (Å²) in [6, 6.07) is 5.23. The van der Waals surface area contributed by atoms with Crippen LogP contribution in [0.15, 0.2) is 12.1 Å². The topological polar surface area (TPSA) is 15.3 Å². The monoisotopic (exact) mass is 288 g/mol. The van der Waals surface area contributed by atoms with Crippen molar-refractivity contribution < 1.29 is 0 Å². The molecule has 2 nitrogen and oxygen atoms in total. The smallest absolute Gasteiger partial charge is 0.0329 e. The van der Waals surface area contributed by atoms with Crippen LogP contribution in [0.4, 0.5) is 0 Å². The van der Waals surface area contributed by atoms with E-state index in [0.29, 0.717) is 11.5 Å². The van der Waals surface area contributed by atoms with Gasteiger partial charge in [-0.25, -0.2) is 0 Å². The van der Waals surface area contributed by atoms with Crippen molar-refractivity contribution in [1.29, 1.82) is 0 Å². The highest BCUT2D eigenvalue weighted by Gasteiger charge is 2.19. The van der Waals surface area contributed by atoms with Crippen LogP contribution in [0.1, 0.15) is 37.4 Å². The molecule has 0 unspecified atom stereocenters. The van der Waals surface area contributed by atoms with Crippen molar-refractivity contribution in [2.45, 2.75) is 45.7 Å². The van der Waals surface area contributed by atoms with Crippen LogP contribution >= 0.6 is 23.7 Å². The third-order valence-electron chi connectivity index (χ3n) is 3.23. The van der Waals surface area contributed by atoms with Crippen molar-refractivity contribution in [1.82, 2.24) is 10.2 Å². The van der Waals surface area contributed by atoms with Gasteiger partial charge in [-0.05, 0) is 24.5 Å². The molecule has 0 aliphatic carbocycles. The van der Waals surface area contributed by atoms with Crippen molar-refractivity contribution in [2.24, 2.45) is 0 Å². The second-order valence-corrected chi connectivity index (χ2v) is 7.27. The molecule has 2 rings (SSSR count). The van der Waals surface area contributed by atoms with Crippen LogP contribution < -0.4 is 5.32 Å². The minimum Gasteiger partial charge on any atom is -0.312 e. The SMILES string of the molecule is C[C@H]1CN(Cc2ccc(C(C)(C)C)s2)CCN1.Cl. The summed E-state index contributed by atoms with van der Waals surface area (Å²) in [5, 5.41) is 3.49. The summed E-state index contributed by atoms with van der Waals surface area (Å²) in [5.41, 5.74) is 0.291. The van der Waals surface area contributed by atoms with E-state index in [4.69, 9.17) is 0 Å². The van der Waals surface area contributed by atoms with Gasteiger partial charge in [0.1, 0.15) is 0 Å². The first-order valence-corrected chi connectivity index (χ1v) is 7.32. The summed E-state index contributed by atoms with van der Waals surface area (Å²) in [4.78, 5) is 5.55. The van der Waals surface area contributed by atoms with Gasteiger partial charge in [-0.2, -0.15) is 0 Å². The van der Waals surface area contributed by atoms with Gasteiger partial charge in [-0.3, -0.25) is 4.90 Å². The van der Waals surface area contributed by atoms with Gasteiger partial charge < -0.3 is 5.32 Å². The number of nitrogens with zero attached hydrogens (tertiary/aromatic N) is 1. The Hall–Kier alpha value is -0.0900. The lowest BCUT2D eigenvalue weighted by Gasteiger charge is -2.31. The molecule has 18 heavy (non-hydrogen) atoms. The Bertz CT molecular complexity index is 370. The van der Waals surface area contributed by atoms with Gasteiger partial charge in [0.2, 0.25) is 0 Å². The van der Waals surface area contributed by atoms with E-state index >= 15 is 0 Å². The quantitative estimate of drug-likeness (QED) is 0.899. The Morgan fingerprint density at radius 2 is 2.11 bits per heavy atom. The molecule has 0 aromatic carbocycles. The van der Waals surface area contributed by atoms with E-state index in [1.54, 1.807) is 0 Å². The third kappa shape index (κ3) is 4.23. The summed E-state index contributed by atoms with van der Waals surface area (Å²) < 4.78 is 0. The number of piperazine rings is 1. The maximum absolute atomic E-state index is 3.49. The highest BCUT2D eigenvalue weighted by Crippen LogP contribution is 2.30. The zero-order chi connectivity index (χ0) is 12.5. The van der Waals surface area contributed by atoms with E-state index in [2.05, 4.69) is 50.0 Å². The van der Waals surface area contributed by atoms with E-state index in [9.17, 15) is 0 Å². The van der Waals surface area contributed by atoms with Crippen molar-refractivity contribution in [2.75, 3.05) is 19.6 Å². The van der Waals surface area contributed by atoms with Crippen LogP contribution in [-0.2, 0) is 12.0 Å². The first kappa shape index (κ1) is 16.0. The molecule has 0 radical (unpaired) electrons. The van der Waals surface area contributed by atoms with E-state index in [1.807, 2.05) is 11.3 Å².